The van der Waals surface area contributed by atoms with Crippen LogP contribution in [0.5, 0.6) is 0 Å². The number of hydrogen-bond acceptors (Lipinski definition) is 6. The van der Waals surface area contributed by atoms with Crippen LogP contribution in [0.15, 0.2) is 0 Å². The van der Waals surface area contributed by atoms with E-state index in [1.165, 1.54) is 13.8 Å². The Balaban J connectivity index is -0.000000137. The van der Waals surface area contributed by atoms with E-state index in [9.17, 15) is 19.2 Å². The number of carboxylic acid groups (broad SMARTS) is 1. The molecule has 0 amide bonds. The van der Waals surface area contributed by atoms with Crippen LogP contribution < -0.4 is 0 Å². The van der Waals surface area contributed by atoms with Gasteiger partial charge in [-0.1, -0.05) is 0 Å². The van der Waals surface area contributed by atoms with Gasteiger partial charge in [0.05, 0.1) is 12.1 Å². The number of nitriles is 2. The van der Waals surface area contributed by atoms with Gasteiger partial charge in [-0.25, -0.2) is 4.79 Å². The van der Waals surface area contributed by atoms with Gasteiger partial charge in [0, 0.05) is 30.3 Å². The Bertz CT molecular complexity index is 380. The first kappa shape index (κ1) is 25.7. The third-order valence-corrected chi connectivity index (χ3v) is 1.29. The van der Waals surface area contributed by atoms with Crippen molar-refractivity contribution in [2.75, 3.05) is 0 Å². The molecule has 0 rings (SSSR count). The predicted octanol–water partition coefficient (Wildman–Crippen LogP) is 0.492. The normalized spacial score (nSPS) is 6.89. The number of aliphatic carboxylic acids is 1. The van der Waals surface area contributed by atoms with E-state index < -0.39 is 29.2 Å². The van der Waals surface area contributed by atoms with Crippen molar-refractivity contribution < 1.29 is 40.8 Å². The number of hydrogen-bond donors (Lipinski definition) is 1. The third-order valence-electron chi connectivity index (χ3n) is 1.29. The zero-order valence-corrected chi connectivity index (χ0v) is 11.9. The van der Waals surface area contributed by atoms with E-state index in [-0.39, 0.29) is 16.5 Å². The molecule has 0 aliphatic carbocycles. The van der Waals surface area contributed by atoms with E-state index in [1.807, 2.05) is 0 Å². The zero-order valence-electron chi connectivity index (χ0n) is 10.9. The van der Waals surface area contributed by atoms with E-state index in [4.69, 9.17) is 15.6 Å². The van der Waals surface area contributed by atoms with Gasteiger partial charge in [0.2, 0.25) is 0 Å². The summed E-state index contributed by atoms with van der Waals surface area (Å²) in [6.45, 7) is 4.87. The first-order valence-electron chi connectivity index (χ1n) is 4.60. The summed E-state index contributed by atoms with van der Waals surface area (Å²) in [7, 11) is 0. The SMILES string of the molecule is CC#N.CC#N.CC(=O)C(C(C)=O)C(=O)C(=O)O.[Ni]. The molecule has 0 saturated heterocycles. The summed E-state index contributed by atoms with van der Waals surface area (Å²) < 4.78 is 0. The molecule has 0 aromatic heterocycles. The Kier molecular flexibility index (Phi) is 21.6. The molecule has 0 atom stereocenters. The van der Waals surface area contributed by atoms with Crippen LogP contribution in [0.3, 0.4) is 0 Å². The summed E-state index contributed by atoms with van der Waals surface area (Å²) in [5.41, 5.74) is 0. The smallest absolute Gasteiger partial charge is 0.373 e. The molecular formula is C11H14N2NiO5. The third kappa shape index (κ3) is 16.0. The molecule has 0 aromatic rings. The number of carboxylic acids is 1. The Morgan fingerprint density at radius 1 is 0.947 bits per heavy atom. The molecule has 0 saturated carbocycles. The minimum atomic E-state index is -1.76. The number of carbonyl (C=O) groups is 4. The number of ketones is 3. The summed E-state index contributed by atoms with van der Waals surface area (Å²) in [5.74, 6) is -6.24. The van der Waals surface area contributed by atoms with Gasteiger partial charge in [0.15, 0.2) is 0 Å². The van der Waals surface area contributed by atoms with Crippen molar-refractivity contribution in [3.05, 3.63) is 0 Å². The number of nitrogens with zero attached hydrogens (tertiary/aromatic N) is 2. The molecule has 0 aromatic carbocycles. The van der Waals surface area contributed by atoms with Gasteiger partial charge in [-0.05, 0) is 13.8 Å². The number of Topliss-reactive ketones (excluding diaryl/α,β-unsaturated/α-hetero) is 3. The van der Waals surface area contributed by atoms with Crippen LogP contribution in [-0.4, -0.2) is 28.4 Å². The second kappa shape index (κ2) is 16.0. The van der Waals surface area contributed by atoms with E-state index in [0.29, 0.717) is 0 Å². The van der Waals surface area contributed by atoms with Crippen molar-refractivity contribution in [1.29, 1.82) is 10.5 Å². The molecule has 0 fully saturated rings. The van der Waals surface area contributed by atoms with Gasteiger partial charge in [-0.2, -0.15) is 10.5 Å². The summed E-state index contributed by atoms with van der Waals surface area (Å²) in [6, 6.07) is 3.50. The molecule has 0 aliphatic heterocycles. The van der Waals surface area contributed by atoms with E-state index >= 15 is 0 Å². The summed E-state index contributed by atoms with van der Waals surface area (Å²) >= 11 is 0. The topological polar surface area (TPSA) is 136 Å². The van der Waals surface area contributed by atoms with Crippen LogP contribution in [0, 0.1) is 28.6 Å². The van der Waals surface area contributed by atoms with Crippen LogP contribution in [0.2, 0.25) is 0 Å². The Labute approximate surface area is 121 Å². The van der Waals surface area contributed by atoms with Gasteiger partial charge < -0.3 is 5.11 Å². The molecule has 0 radical (unpaired) electrons. The van der Waals surface area contributed by atoms with Gasteiger partial charge in [0.25, 0.3) is 5.78 Å². The summed E-state index contributed by atoms with van der Waals surface area (Å²) in [4.78, 5) is 42.0. The molecule has 7 nitrogen and oxygen atoms in total. The van der Waals surface area contributed by atoms with Crippen molar-refractivity contribution in [1.82, 2.24) is 0 Å². The fourth-order valence-corrected chi connectivity index (χ4v) is 0.779. The van der Waals surface area contributed by atoms with E-state index in [0.717, 1.165) is 13.8 Å². The molecule has 0 heterocycles. The molecule has 0 bridgehead atoms. The summed E-state index contributed by atoms with van der Waals surface area (Å²) in [5, 5.41) is 22.8. The van der Waals surface area contributed by atoms with Crippen LogP contribution in [0.4, 0.5) is 0 Å². The zero-order chi connectivity index (χ0) is 15.3. The van der Waals surface area contributed by atoms with Gasteiger partial charge in [-0.15, -0.1) is 0 Å². The Morgan fingerprint density at radius 2 is 1.16 bits per heavy atom. The quantitative estimate of drug-likeness (QED) is 0.453. The van der Waals surface area contributed by atoms with Crippen LogP contribution in [-0.2, 0) is 35.7 Å². The fourth-order valence-electron chi connectivity index (χ4n) is 0.779. The summed E-state index contributed by atoms with van der Waals surface area (Å²) in [6.07, 6.45) is 0. The molecular weight excluding hydrogens is 299 g/mol. The molecule has 0 aliphatic rings. The Morgan fingerprint density at radius 3 is 1.21 bits per heavy atom. The largest absolute Gasteiger partial charge is 0.475 e. The maximum Gasteiger partial charge on any atom is 0.373 e. The van der Waals surface area contributed by atoms with Crippen molar-refractivity contribution in [2.24, 2.45) is 5.92 Å². The molecule has 1 N–H and O–H groups in total. The van der Waals surface area contributed by atoms with Crippen LogP contribution in [0.1, 0.15) is 27.7 Å². The Hall–Kier alpha value is -2.05. The molecule has 19 heavy (non-hydrogen) atoms. The van der Waals surface area contributed by atoms with Gasteiger partial charge in [0.1, 0.15) is 17.5 Å². The van der Waals surface area contributed by atoms with Crippen LogP contribution in [0.25, 0.3) is 0 Å². The molecule has 8 heteroatoms. The fraction of sp³-hybridized carbons (Fsp3) is 0.455. The number of rotatable bonds is 4. The van der Waals surface area contributed by atoms with E-state index in [2.05, 4.69) is 0 Å². The van der Waals surface area contributed by atoms with Crippen LogP contribution >= 0.6 is 0 Å². The first-order chi connectivity index (χ1) is 8.20. The van der Waals surface area contributed by atoms with Gasteiger partial charge in [-0.3, -0.25) is 14.4 Å². The molecule has 0 spiro atoms. The first-order valence-corrected chi connectivity index (χ1v) is 4.60. The van der Waals surface area contributed by atoms with Crippen molar-refractivity contribution in [3.63, 3.8) is 0 Å². The standard InChI is InChI=1S/C7H8O5.2C2H3N.Ni/c1-3(8)5(4(2)9)6(10)7(11)12;2*1-2-3;/h5H,1-2H3,(H,11,12);2*1H3;. The average Bonchev–Trinajstić information content (AvgIpc) is 2.18. The van der Waals surface area contributed by atoms with E-state index in [1.54, 1.807) is 12.1 Å². The van der Waals surface area contributed by atoms with Gasteiger partial charge >= 0.3 is 5.97 Å². The minimum absolute atomic E-state index is 0. The maximum absolute atomic E-state index is 10.7. The van der Waals surface area contributed by atoms with Crippen molar-refractivity contribution in [3.8, 4) is 12.1 Å². The maximum atomic E-state index is 10.7. The van der Waals surface area contributed by atoms with Crippen molar-refractivity contribution >= 4 is 23.3 Å². The number of carbonyl (C=O) groups excluding carboxylic acids is 3. The predicted molar refractivity (Wildman–Crippen MR) is 60.1 cm³/mol. The monoisotopic (exact) mass is 312 g/mol. The molecule has 108 valence electrons. The van der Waals surface area contributed by atoms with Crippen molar-refractivity contribution in [2.45, 2.75) is 27.7 Å². The molecule has 0 unspecified atom stereocenters. The second-order valence-corrected chi connectivity index (χ2v) is 2.77. The minimum Gasteiger partial charge on any atom is -0.475 e. The second-order valence-electron chi connectivity index (χ2n) is 2.77. The average molecular weight is 313 g/mol.